The average molecular weight is 156 g/mol. The number of hydrogen-bond donors (Lipinski definition) is 1. The number of rotatable bonds is 1. The first-order chi connectivity index (χ1) is 5.34. The molecule has 1 aliphatic carbocycles. The zero-order valence-corrected chi connectivity index (χ0v) is 6.88. The lowest BCUT2D eigenvalue weighted by molar-refractivity contribution is -0.124. The van der Waals surface area contributed by atoms with Crippen LogP contribution < -0.4 is 0 Å². The second-order valence-electron chi connectivity index (χ2n) is 3.30. The minimum Gasteiger partial charge on any atom is -0.396 e. The molecule has 0 saturated heterocycles. The van der Waals surface area contributed by atoms with Gasteiger partial charge in [-0.2, -0.15) is 0 Å². The van der Waals surface area contributed by atoms with Crippen LogP contribution in [0, 0.1) is 5.92 Å². The molecule has 0 heterocycles. The van der Waals surface area contributed by atoms with E-state index < -0.39 is 0 Å². The molecular formula is C9H16O2. The molecule has 1 atom stereocenters. The fraction of sp³-hybridized carbons (Fsp3) is 0.889. The topological polar surface area (TPSA) is 37.3 Å². The molecular weight excluding hydrogens is 140 g/mol. The van der Waals surface area contributed by atoms with E-state index in [9.17, 15) is 4.79 Å². The zero-order valence-electron chi connectivity index (χ0n) is 6.88. The van der Waals surface area contributed by atoms with Crippen molar-refractivity contribution in [2.75, 3.05) is 6.61 Å². The third-order valence-corrected chi connectivity index (χ3v) is 2.40. The molecule has 64 valence electrons. The molecule has 1 rings (SSSR count). The number of carbonyl (C=O) groups excluding carboxylic acids is 1. The highest BCUT2D eigenvalue weighted by atomic mass is 16.3. The van der Waals surface area contributed by atoms with Crippen molar-refractivity contribution in [1.29, 1.82) is 0 Å². The molecule has 1 N–H and O–H groups in total. The van der Waals surface area contributed by atoms with Gasteiger partial charge in [0.15, 0.2) is 0 Å². The zero-order chi connectivity index (χ0) is 8.10. The van der Waals surface area contributed by atoms with Crippen molar-refractivity contribution in [3.8, 4) is 0 Å². The van der Waals surface area contributed by atoms with Gasteiger partial charge in [0, 0.05) is 12.3 Å². The van der Waals surface area contributed by atoms with E-state index in [1.165, 1.54) is 12.8 Å². The van der Waals surface area contributed by atoms with E-state index in [2.05, 4.69) is 0 Å². The normalized spacial score (nSPS) is 27.7. The van der Waals surface area contributed by atoms with Crippen LogP contribution >= 0.6 is 0 Å². The summed E-state index contributed by atoms with van der Waals surface area (Å²) in [6.45, 7) is 0.0544. The number of aliphatic hydroxyl groups excluding tert-OH is 1. The molecule has 0 radical (unpaired) electrons. The summed E-state index contributed by atoms with van der Waals surface area (Å²) in [6, 6.07) is 0. The lowest BCUT2D eigenvalue weighted by atomic mass is 9.91. The van der Waals surface area contributed by atoms with Crippen LogP contribution in [0.2, 0.25) is 0 Å². The lowest BCUT2D eigenvalue weighted by Crippen LogP contribution is -2.19. The molecule has 2 heteroatoms. The van der Waals surface area contributed by atoms with E-state index in [0.717, 1.165) is 19.3 Å². The maximum atomic E-state index is 11.2. The quantitative estimate of drug-likeness (QED) is 0.625. The number of ketones is 1. The average Bonchev–Trinajstić information content (AvgIpc) is 1.98. The van der Waals surface area contributed by atoms with Crippen LogP contribution in [0.4, 0.5) is 0 Å². The van der Waals surface area contributed by atoms with Crippen LogP contribution in [0.15, 0.2) is 0 Å². The Kier molecular flexibility index (Phi) is 3.57. The van der Waals surface area contributed by atoms with E-state index in [1.54, 1.807) is 0 Å². The first-order valence-corrected chi connectivity index (χ1v) is 4.48. The van der Waals surface area contributed by atoms with Gasteiger partial charge in [0.1, 0.15) is 5.78 Å². The van der Waals surface area contributed by atoms with Gasteiger partial charge in [0.25, 0.3) is 0 Å². The van der Waals surface area contributed by atoms with Crippen LogP contribution in [0.3, 0.4) is 0 Å². The molecule has 2 nitrogen and oxygen atoms in total. The maximum absolute atomic E-state index is 11.2. The molecule has 0 unspecified atom stereocenters. The Hall–Kier alpha value is -0.370. The van der Waals surface area contributed by atoms with Crippen molar-refractivity contribution in [3.63, 3.8) is 0 Å². The van der Waals surface area contributed by atoms with Gasteiger partial charge >= 0.3 is 0 Å². The summed E-state index contributed by atoms with van der Waals surface area (Å²) < 4.78 is 0. The Morgan fingerprint density at radius 2 is 2.00 bits per heavy atom. The standard InChI is InChI=1S/C9H16O2/c10-7-8-5-3-1-2-4-6-9(8)11/h8,10H,1-7H2/t8-/m0/s1. The molecule has 0 bridgehead atoms. The molecule has 0 aromatic rings. The Labute approximate surface area is 67.6 Å². The van der Waals surface area contributed by atoms with Gasteiger partial charge in [-0.1, -0.05) is 19.3 Å². The highest BCUT2D eigenvalue weighted by Gasteiger charge is 2.17. The van der Waals surface area contributed by atoms with E-state index in [-0.39, 0.29) is 18.3 Å². The van der Waals surface area contributed by atoms with Gasteiger partial charge in [0.2, 0.25) is 0 Å². The summed E-state index contributed by atoms with van der Waals surface area (Å²) in [6.07, 6.45) is 6.13. The van der Waals surface area contributed by atoms with Crippen LogP contribution in [0.1, 0.15) is 38.5 Å². The highest BCUT2D eigenvalue weighted by molar-refractivity contribution is 5.81. The number of aliphatic hydroxyl groups is 1. The fourth-order valence-corrected chi connectivity index (χ4v) is 1.60. The fourth-order valence-electron chi connectivity index (χ4n) is 1.60. The van der Waals surface area contributed by atoms with Crippen molar-refractivity contribution < 1.29 is 9.90 Å². The van der Waals surface area contributed by atoms with Gasteiger partial charge < -0.3 is 5.11 Å². The van der Waals surface area contributed by atoms with Crippen molar-refractivity contribution in [2.24, 2.45) is 5.92 Å². The van der Waals surface area contributed by atoms with Crippen LogP contribution in [0.25, 0.3) is 0 Å². The lowest BCUT2D eigenvalue weighted by Gasteiger charge is -2.15. The summed E-state index contributed by atoms with van der Waals surface area (Å²) in [4.78, 5) is 11.2. The summed E-state index contributed by atoms with van der Waals surface area (Å²) in [5.41, 5.74) is 0. The Morgan fingerprint density at radius 1 is 1.27 bits per heavy atom. The third-order valence-electron chi connectivity index (χ3n) is 2.40. The highest BCUT2D eigenvalue weighted by Crippen LogP contribution is 2.18. The van der Waals surface area contributed by atoms with Gasteiger partial charge in [-0.05, 0) is 12.8 Å². The van der Waals surface area contributed by atoms with Gasteiger partial charge in [-0.25, -0.2) is 0 Å². The molecule has 0 aromatic heterocycles. The van der Waals surface area contributed by atoms with Gasteiger partial charge in [0.05, 0.1) is 6.61 Å². The Bertz CT molecular complexity index is 132. The van der Waals surface area contributed by atoms with Crippen LogP contribution in [-0.2, 0) is 4.79 Å². The molecule has 1 saturated carbocycles. The SMILES string of the molecule is O=C1CCCCCC[C@H]1CO. The van der Waals surface area contributed by atoms with Crippen molar-refractivity contribution in [1.82, 2.24) is 0 Å². The molecule has 1 fully saturated rings. The Balaban J connectivity index is 2.39. The third kappa shape index (κ3) is 2.62. The van der Waals surface area contributed by atoms with E-state index in [1.807, 2.05) is 0 Å². The maximum Gasteiger partial charge on any atom is 0.138 e. The summed E-state index contributed by atoms with van der Waals surface area (Å²) in [7, 11) is 0. The number of hydrogen-bond acceptors (Lipinski definition) is 2. The largest absolute Gasteiger partial charge is 0.396 e. The van der Waals surface area contributed by atoms with Crippen molar-refractivity contribution in [3.05, 3.63) is 0 Å². The first-order valence-electron chi connectivity index (χ1n) is 4.48. The minimum absolute atomic E-state index is 0.0460. The molecule has 0 spiro atoms. The minimum atomic E-state index is -0.0460. The summed E-state index contributed by atoms with van der Waals surface area (Å²) >= 11 is 0. The predicted octanol–water partition coefficient (Wildman–Crippen LogP) is 1.52. The predicted molar refractivity (Wildman–Crippen MR) is 43.3 cm³/mol. The molecule has 0 aromatic carbocycles. The van der Waals surface area contributed by atoms with Crippen molar-refractivity contribution >= 4 is 5.78 Å². The van der Waals surface area contributed by atoms with Gasteiger partial charge in [-0.3, -0.25) is 4.79 Å². The van der Waals surface area contributed by atoms with E-state index >= 15 is 0 Å². The molecule has 0 amide bonds. The Morgan fingerprint density at radius 3 is 2.73 bits per heavy atom. The monoisotopic (exact) mass is 156 g/mol. The van der Waals surface area contributed by atoms with E-state index in [0.29, 0.717) is 6.42 Å². The van der Waals surface area contributed by atoms with Crippen molar-refractivity contribution in [2.45, 2.75) is 38.5 Å². The molecule has 1 aliphatic rings. The van der Waals surface area contributed by atoms with Crippen LogP contribution in [-0.4, -0.2) is 17.5 Å². The number of Topliss-reactive ketones (excluding diaryl/α,β-unsaturated/α-hetero) is 1. The smallest absolute Gasteiger partial charge is 0.138 e. The molecule has 0 aliphatic heterocycles. The van der Waals surface area contributed by atoms with Crippen LogP contribution in [0.5, 0.6) is 0 Å². The second-order valence-corrected chi connectivity index (χ2v) is 3.30. The van der Waals surface area contributed by atoms with Gasteiger partial charge in [-0.15, -0.1) is 0 Å². The number of carbonyl (C=O) groups is 1. The molecule has 11 heavy (non-hydrogen) atoms. The second kappa shape index (κ2) is 4.50. The first kappa shape index (κ1) is 8.72. The van der Waals surface area contributed by atoms with E-state index in [4.69, 9.17) is 5.11 Å². The summed E-state index contributed by atoms with van der Waals surface area (Å²) in [5.74, 6) is 0.225. The summed E-state index contributed by atoms with van der Waals surface area (Å²) in [5, 5.41) is 8.86.